The quantitative estimate of drug-likeness (QED) is 0.316. The molecule has 2 aromatic rings. The average Bonchev–Trinajstić information content (AvgIpc) is 2.78. The van der Waals surface area contributed by atoms with Gasteiger partial charge in [-0.15, -0.1) is 0 Å². The van der Waals surface area contributed by atoms with Crippen molar-refractivity contribution in [2.45, 2.75) is 0 Å². The maximum absolute atomic E-state index is 12.2. The van der Waals surface area contributed by atoms with E-state index in [0.29, 0.717) is 36.3 Å². The van der Waals surface area contributed by atoms with E-state index in [4.69, 9.17) is 28.6 Å². The summed E-state index contributed by atoms with van der Waals surface area (Å²) in [5.41, 5.74) is 1.57. The second-order valence-electron chi connectivity index (χ2n) is 6.77. The molecule has 0 aliphatic carbocycles. The van der Waals surface area contributed by atoms with Crippen molar-refractivity contribution in [3.63, 3.8) is 0 Å². The average molecular weight is 461 g/mol. The molecule has 0 radical (unpaired) electrons. The highest BCUT2D eigenvalue weighted by Gasteiger charge is 2.22. The van der Waals surface area contributed by atoms with E-state index in [9.17, 15) is 14.9 Å². The van der Waals surface area contributed by atoms with Gasteiger partial charge in [0.1, 0.15) is 5.75 Å². The zero-order valence-corrected chi connectivity index (χ0v) is 18.4. The summed E-state index contributed by atoms with van der Waals surface area (Å²) in [4.78, 5) is 26.5. The number of nitro benzene ring substituents is 1. The van der Waals surface area contributed by atoms with Gasteiger partial charge in [-0.1, -0.05) is 23.7 Å². The lowest BCUT2D eigenvalue weighted by atomic mass is 10.2. The van der Waals surface area contributed by atoms with Gasteiger partial charge in [0.15, 0.2) is 5.11 Å². The first-order chi connectivity index (χ1) is 14.9. The van der Waals surface area contributed by atoms with E-state index >= 15 is 0 Å². The summed E-state index contributed by atoms with van der Waals surface area (Å²) in [7, 11) is 1.60. The maximum atomic E-state index is 12.2. The second-order valence-corrected chi connectivity index (χ2v) is 7.56. The van der Waals surface area contributed by atoms with E-state index in [1.54, 1.807) is 19.3 Å². The number of halogens is 1. The Morgan fingerprint density at radius 1 is 1.19 bits per heavy atom. The first kappa shape index (κ1) is 22.5. The van der Waals surface area contributed by atoms with Crippen LogP contribution in [-0.4, -0.2) is 54.1 Å². The van der Waals surface area contributed by atoms with Crippen LogP contribution in [-0.2, 0) is 4.79 Å². The number of piperazine rings is 1. The highest BCUT2D eigenvalue weighted by Crippen LogP contribution is 2.30. The standard InChI is InChI=1S/C21H21ClN4O4S/c1-30-17-6-2-15(3-7-17)4-9-20(27)23-21(31)25-12-10-24(11-13-25)19-8-5-16(26(28)29)14-18(19)22/h2-9,14H,10-13H2,1H3,(H,23,27,31). The lowest BCUT2D eigenvalue weighted by Crippen LogP contribution is -2.52. The highest BCUT2D eigenvalue weighted by atomic mass is 35.5. The number of nitro groups is 1. The molecule has 1 aliphatic heterocycles. The van der Waals surface area contributed by atoms with Crippen LogP contribution in [0.5, 0.6) is 5.75 Å². The van der Waals surface area contributed by atoms with Gasteiger partial charge in [-0.05, 0) is 42.1 Å². The van der Waals surface area contributed by atoms with Crippen LogP contribution in [0.25, 0.3) is 6.08 Å². The number of benzene rings is 2. The molecule has 0 spiro atoms. The number of ether oxygens (including phenoxy) is 1. The molecule has 1 amide bonds. The number of hydrogen-bond donors (Lipinski definition) is 1. The highest BCUT2D eigenvalue weighted by molar-refractivity contribution is 7.80. The Labute approximate surface area is 190 Å². The molecule has 2 aromatic carbocycles. The summed E-state index contributed by atoms with van der Waals surface area (Å²) < 4.78 is 5.11. The molecule has 8 nitrogen and oxygen atoms in total. The Bertz CT molecular complexity index is 1000. The van der Waals surface area contributed by atoms with Gasteiger partial charge in [-0.25, -0.2) is 0 Å². The van der Waals surface area contributed by atoms with Gasteiger partial charge in [-0.2, -0.15) is 0 Å². The zero-order chi connectivity index (χ0) is 22.4. The molecule has 162 valence electrons. The van der Waals surface area contributed by atoms with E-state index in [-0.39, 0.29) is 11.6 Å². The van der Waals surface area contributed by atoms with Crippen molar-refractivity contribution in [2.24, 2.45) is 0 Å². The monoisotopic (exact) mass is 460 g/mol. The normalized spacial score (nSPS) is 13.9. The van der Waals surface area contributed by atoms with Crippen LogP contribution in [0.3, 0.4) is 0 Å². The van der Waals surface area contributed by atoms with Crippen LogP contribution < -0.4 is 15.0 Å². The van der Waals surface area contributed by atoms with Crippen molar-refractivity contribution in [3.05, 3.63) is 69.2 Å². The molecular formula is C21H21ClN4O4S. The molecule has 0 aromatic heterocycles. The SMILES string of the molecule is COc1ccc(C=CC(=O)NC(=S)N2CCN(c3ccc([N+](=O)[O-])cc3Cl)CC2)cc1. The predicted molar refractivity (Wildman–Crippen MR) is 125 cm³/mol. The molecule has 0 bridgehead atoms. The van der Waals surface area contributed by atoms with E-state index in [1.807, 2.05) is 34.1 Å². The van der Waals surface area contributed by atoms with Crippen molar-refractivity contribution in [1.82, 2.24) is 10.2 Å². The lowest BCUT2D eigenvalue weighted by molar-refractivity contribution is -0.384. The van der Waals surface area contributed by atoms with E-state index in [1.165, 1.54) is 18.2 Å². The molecule has 3 rings (SSSR count). The number of nitrogens with one attached hydrogen (secondary N) is 1. The predicted octanol–water partition coefficient (Wildman–Crippen LogP) is 3.49. The molecule has 1 fully saturated rings. The number of carbonyl (C=O) groups excluding carboxylic acids is 1. The number of carbonyl (C=O) groups is 1. The summed E-state index contributed by atoms with van der Waals surface area (Å²) in [5, 5.41) is 14.3. The number of rotatable bonds is 5. The molecule has 0 unspecified atom stereocenters. The Balaban J connectivity index is 1.51. The minimum absolute atomic E-state index is 0.0426. The largest absolute Gasteiger partial charge is 0.497 e. The zero-order valence-electron chi connectivity index (χ0n) is 16.8. The van der Waals surface area contributed by atoms with Crippen LogP contribution >= 0.6 is 23.8 Å². The van der Waals surface area contributed by atoms with Gasteiger partial charge < -0.3 is 14.5 Å². The van der Waals surface area contributed by atoms with Gasteiger partial charge in [0.2, 0.25) is 5.91 Å². The fourth-order valence-corrected chi connectivity index (χ4v) is 3.71. The van der Waals surface area contributed by atoms with Gasteiger partial charge in [0, 0.05) is 44.4 Å². The van der Waals surface area contributed by atoms with Crippen LogP contribution in [0, 0.1) is 10.1 Å². The molecule has 1 saturated heterocycles. The van der Waals surface area contributed by atoms with Crippen molar-refractivity contribution in [2.75, 3.05) is 38.2 Å². The third-order valence-electron chi connectivity index (χ3n) is 4.82. The van der Waals surface area contributed by atoms with E-state index < -0.39 is 4.92 Å². The molecule has 0 saturated carbocycles. The lowest BCUT2D eigenvalue weighted by Gasteiger charge is -2.37. The molecule has 31 heavy (non-hydrogen) atoms. The van der Waals surface area contributed by atoms with Gasteiger partial charge in [0.25, 0.3) is 5.69 Å². The molecule has 10 heteroatoms. The number of thiocarbonyl (C=S) groups is 1. The topological polar surface area (TPSA) is 88.0 Å². The Hall–Kier alpha value is -3.17. The van der Waals surface area contributed by atoms with Crippen molar-refractivity contribution >= 4 is 52.3 Å². The summed E-state index contributed by atoms with van der Waals surface area (Å²) in [6.07, 6.45) is 3.13. The maximum Gasteiger partial charge on any atom is 0.271 e. The summed E-state index contributed by atoms with van der Waals surface area (Å²) in [6, 6.07) is 11.8. The number of non-ortho nitro benzene ring substituents is 1. The molecule has 1 aliphatic rings. The van der Waals surface area contributed by atoms with Gasteiger partial charge in [-0.3, -0.25) is 20.2 Å². The number of anilines is 1. The summed E-state index contributed by atoms with van der Waals surface area (Å²) in [5.74, 6) is 0.443. The molecule has 1 N–H and O–H groups in total. The van der Waals surface area contributed by atoms with E-state index in [2.05, 4.69) is 5.32 Å². The second kappa shape index (κ2) is 10.2. The molecule has 0 atom stereocenters. The summed E-state index contributed by atoms with van der Waals surface area (Å²) in [6.45, 7) is 2.42. The molecular weight excluding hydrogens is 440 g/mol. The fourth-order valence-electron chi connectivity index (χ4n) is 3.13. The molecule has 1 heterocycles. The van der Waals surface area contributed by atoms with E-state index in [0.717, 1.165) is 17.0 Å². The number of hydrogen-bond acceptors (Lipinski definition) is 6. The van der Waals surface area contributed by atoms with Crippen LogP contribution in [0.4, 0.5) is 11.4 Å². The minimum atomic E-state index is -0.474. The number of amides is 1. The first-order valence-corrected chi connectivity index (χ1v) is 10.3. The van der Waals surface area contributed by atoms with Crippen LogP contribution in [0.15, 0.2) is 48.5 Å². The van der Waals surface area contributed by atoms with Crippen LogP contribution in [0.2, 0.25) is 5.02 Å². The number of methoxy groups -OCH3 is 1. The Kier molecular flexibility index (Phi) is 7.43. The van der Waals surface area contributed by atoms with Crippen molar-refractivity contribution in [1.29, 1.82) is 0 Å². The van der Waals surface area contributed by atoms with Gasteiger partial charge >= 0.3 is 0 Å². The smallest absolute Gasteiger partial charge is 0.271 e. The fraction of sp³-hybridized carbons (Fsp3) is 0.238. The Morgan fingerprint density at radius 3 is 2.45 bits per heavy atom. The number of nitrogens with zero attached hydrogens (tertiary/aromatic N) is 3. The third-order valence-corrected chi connectivity index (χ3v) is 5.49. The van der Waals surface area contributed by atoms with Crippen molar-refractivity contribution in [3.8, 4) is 5.75 Å². The first-order valence-electron chi connectivity index (χ1n) is 9.48. The summed E-state index contributed by atoms with van der Waals surface area (Å²) >= 11 is 11.6. The van der Waals surface area contributed by atoms with Crippen molar-refractivity contribution < 1.29 is 14.5 Å². The minimum Gasteiger partial charge on any atom is -0.497 e. The van der Waals surface area contributed by atoms with Gasteiger partial charge in [0.05, 0.1) is 22.7 Å². The Morgan fingerprint density at radius 2 is 1.87 bits per heavy atom. The third kappa shape index (κ3) is 5.93. The van der Waals surface area contributed by atoms with Crippen LogP contribution in [0.1, 0.15) is 5.56 Å².